The third kappa shape index (κ3) is 4.70. The average molecular weight is 518 g/mol. The minimum absolute atomic E-state index is 0.0535. The highest BCUT2D eigenvalue weighted by molar-refractivity contribution is 7.90. The van der Waals surface area contributed by atoms with Gasteiger partial charge in [-0.15, -0.1) is 0 Å². The van der Waals surface area contributed by atoms with E-state index < -0.39 is 27.6 Å². The van der Waals surface area contributed by atoms with E-state index in [0.29, 0.717) is 24.2 Å². The Labute approximate surface area is 198 Å². The number of morpholine rings is 1. The molecule has 0 unspecified atom stereocenters. The second kappa shape index (κ2) is 8.83. The van der Waals surface area contributed by atoms with E-state index in [2.05, 4.69) is 4.98 Å². The SMILES string of the molecule is CC(=O)N1CCO[C@@H](Cn2c(-c3c(F)cc(S(C)(=O)=O)cc3Cl)nc3cc(Cl)c(F)cc32)C1. The van der Waals surface area contributed by atoms with Gasteiger partial charge in [0.1, 0.15) is 17.5 Å². The largest absolute Gasteiger partial charge is 0.373 e. The van der Waals surface area contributed by atoms with E-state index in [9.17, 15) is 17.6 Å². The fourth-order valence-corrected chi connectivity index (χ4v) is 4.96. The highest BCUT2D eigenvalue weighted by atomic mass is 35.5. The van der Waals surface area contributed by atoms with Crippen molar-refractivity contribution in [2.75, 3.05) is 26.0 Å². The highest BCUT2D eigenvalue weighted by Crippen LogP contribution is 2.36. The van der Waals surface area contributed by atoms with Crippen LogP contribution in [0.15, 0.2) is 29.2 Å². The van der Waals surface area contributed by atoms with Crippen LogP contribution in [0, 0.1) is 11.6 Å². The number of benzene rings is 2. The van der Waals surface area contributed by atoms with Gasteiger partial charge in [-0.1, -0.05) is 23.2 Å². The van der Waals surface area contributed by atoms with Crippen LogP contribution in [0.5, 0.6) is 0 Å². The topological polar surface area (TPSA) is 81.5 Å². The Bertz CT molecular complexity index is 1350. The molecule has 2 heterocycles. The number of aromatic nitrogens is 2. The molecule has 33 heavy (non-hydrogen) atoms. The Balaban J connectivity index is 1.88. The summed E-state index contributed by atoms with van der Waals surface area (Å²) in [7, 11) is -3.71. The van der Waals surface area contributed by atoms with Gasteiger partial charge in [0.25, 0.3) is 0 Å². The van der Waals surface area contributed by atoms with Crippen molar-refractivity contribution in [2.24, 2.45) is 0 Å². The molecule has 2 aromatic carbocycles. The van der Waals surface area contributed by atoms with Crippen LogP contribution in [-0.2, 0) is 25.9 Å². The van der Waals surface area contributed by atoms with Crippen LogP contribution in [0.4, 0.5) is 8.78 Å². The minimum Gasteiger partial charge on any atom is -0.373 e. The molecule has 0 aliphatic carbocycles. The number of fused-ring (bicyclic) bond motifs is 1. The molecule has 176 valence electrons. The molecule has 1 amide bonds. The molecule has 0 radical (unpaired) electrons. The van der Waals surface area contributed by atoms with E-state index in [-0.39, 0.29) is 45.3 Å². The van der Waals surface area contributed by atoms with E-state index in [1.807, 2.05) is 0 Å². The van der Waals surface area contributed by atoms with Crippen LogP contribution >= 0.6 is 23.2 Å². The average Bonchev–Trinajstić information content (AvgIpc) is 3.04. The number of carbonyl (C=O) groups is 1. The monoisotopic (exact) mass is 517 g/mol. The molecule has 0 saturated carbocycles. The maximum atomic E-state index is 15.2. The number of sulfone groups is 1. The molecule has 1 aliphatic heterocycles. The van der Waals surface area contributed by atoms with E-state index in [1.165, 1.54) is 23.6 Å². The quantitative estimate of drug-likeness (QED) is 0.523. The van der Waals surface area contributed by atoms with Crippen LogP contribution in [0.3, 0.4) is 0 Å². The predicted molar refractivity (Wildman–Crippen MR) is 120 cm³/mol. The Morgan fingerprint density at radius 2 is 1.91 bits per heavy atom. The molecule has 4 rings (SSSR count). The van der Waals surface area contributed by atoms with Gasteiger partial charge >= 0.3 is 0 Å². The zero-order valence-corrected chi connectivity index (χ0v) is 19.9. The molecule has 0 N–H and O–H groups in total. The number of imidazole rings is 1. The molecular weight excluding hydrogens is 499 g/mol. The molecule has 1 fully saturated rings. The maximum absolute atomic E-state index is 15.2. The second-order valence-electron chi connectivity index (χ2n) is 7.79. The first kappa shape index (κ1) is 23.9. The Morgan fingerprint density at radius 1 is 1.18 bits per heavy atom. The highest BCUT2D eigenvalue weighted by Gasteiger charge is 2.27. The third-order valence-electron chi connectivity index (χ3n) is 5.43. The van der Waals surface area contributed by atoms with E-state index >= 15 is 4.39 Å². The van der Waals surface area contributed by atoms with Crippen molar-refractivity contribution >= 4 is 50.0 Å². The molecule has 1 saturated heterocycles. The number of hydrogen-bond donors (Lipinski definition) is 0. The van der Waals surface area contributed by atoms with Gasteiger partial charge in [0, 0.05) is 32.3 Å². The van der Waals surface area contributed by atoms with E-state index in [1.54, 1.807) is 4.90 Å². The van der Waals surface area contributed by atoms with Crippen molar-refractivity contribution in [3.05, 3.63) is 45.9 Å². The van der Waals surface area contributed by atoms with Crippen LogP contribution in [0.2, 0.25) is 10.0 Å². The van der Waals surface area contributed by atoms with Crippen molar-refractivity contribution < 1.29 is 26.7 Å². The van der Waals surface area contributed by atoms with Crippen molar-refractivity contribution in [3.8, 4) is 11.4 Å². The summed E-state index contributed by atoms with van der Waals surface area (Å²) < 4.78 is 60.5. The molecule has 12 heteroatoms. The summed E-state index contributed by atoms with van der Waals surface area (Å²) in [5.41, 5.74) is 0.465. The van der Waals surface area contributed by atoms with Crippen molar-refractivity contribution in [1.29, 1.82) is 0 Å². The summed E-state index contributed by atoms with van der Waals surface area (Å²) in [6.07, 6.45) is 0.466. The van der Waals surface area contributed by atoms with Crippen LogP contribution < -0.4 is 0 Å². The van der Waals surface area contributed by atoms with Gasteiger partial charge in [-0.25, -0.2) is 22.2 Å². The molecular formula is C21H19Cl2F2N3O4S. The molecule has 1 aliphatic rings. The van der Waals surface area contributed by atoms with Crippen molar-refractivity contribution in [2.45, 2.75) is 24.5 Å². The first-order valence-corrected chi connectivity index (χ1v) is 12.5. The number of hydrogen-bond acceptors (Lipinski definition) is 5. The Morgan fingerprint density at radius 3 is 2.55 bits per heavy atom. The van der Waals surface area contributed by atoms with Crippen molar-refractivity contribution in [3.63, 3.8) is 0 Å². The van der Waals surface area contributed by atoms with Gasteiger partial charge in [0.15, 0.2) is 9.84 Å². The summed E-state index contributed by atoms with van der Waals surface area (Å²) in [6.45, 7) is 2.61. The lowest BCUT2D eigenvalue weighted by Gasteiger charge is -2.32. The summed E-state index contributed by atoms with van der Waals surface area (Å²) >= 11 is 12.2. The Kier molecular flexibility index (Phi) is 6.38. The van der Waals surface area contributed by atoms with Crippen molar-refractivity contribution in [1.82, 2.24) is 14.5 Å². The number of carbonyl (C=O) groups excluding carboxylic acids is 1. The molecule has 3 aromatic rings. The number of rotatable bonds is 4. The second-order valence-corrected chi connectivity index (χ2v) is 10.6. The summed E-state index contributed by atoms with van der Waals surface area (Å²) in [5.74, 6) is -1.65. The van der Waals surface area contributed by atoms with E-state index in [0.717, 1.165) is 18.4 Å². The fourth-order valence-electron chi connectivity index (χ4n) is 3.79. The van der Waals surface area contributed by atoms with Gasteiger partial charge in [0.2, 0.25) is 5.91 Å². The summed E-state index contributed by atoms with van der Waals surface area (Å²) in [4.78, 5) is 17.6. The van der Waals surface area contributed by atoms with Gasteiger partial charge in [-0.3, -0.25) is 4.79 Å². The lowest BCUT2D eigenvalue weighted by molar-refractivity contribution is -0.136. The molecule has 1 atom stereocenters. The van der Waals surface area contributed by atoms with Crippen LogP contribution in [0.25, 0.3) is 22.4 Å². The lowest BCUT2D eigenvalue weighted by Crippen LogP contribution is -2.46. The molecule has 0 spiro atoms. The van der Waals surface area contributed by atoms with Gasteiger partial charge in [-0.2, -0.15) is 0 Å². The lowest BCUT2D eigenvalue weighted by atomic mass is 10.2. The standard InChI is InChI=1S/C21H19Cl2F2N3O4S/c1-11(29)27-3-4-32-12(9-27)10-28-19-8-16(24)14(22)7-18(19)26-21(28)20-15(23)5-13(6-17(20)25)33(2,30)31/h5-8,12H,3-4,9-10H2,1-2H3/t12-/m1/s1. The van der Waals surface area contributed by atoms with Gasteiger partial charge in [-0.05, 0) is 18.2 Å². The summed E-state index contributed by atoms with van der Waals surface area (Å²) in [5, 5.41) is -0.331. The van der Waals surface area contributed by atoms with Gasteiger partial charge in [0.05, 0.1) is 50.8 Å². The van der Waals surface area contributed by atoms with Crippen LogP contribution in [-0.4, -0.2) is 60.8 Å². The Hall–Kier alpha value is -2.27. The normalized spacial score (nSPS) is 17.0. The number of halogens is 4. The zero-order chi connectivity index (χ0) is 24.1. The molecule has 1 aromatic heterocycles. The zero-order valence-electron chi connectivity index (χ0n) is 17.6. The number of amides is 1. The number of nitrogens with zero attached hydrogens (tertiary/aromatic N) is 3. The number of ether oxygens (including phenoxy) is 1. The first-order chi connectivity index (χ1) is 15.5. The molecule has 7 nitrogen and oxygen atoms in total. The van der Waals surface area contributed by atoms with E-state index in [4.69, 9.17) is 27.9 Å². The maximum Gasteiger partial charge on any atom is 0.219 e. The minimum atomic E-state index is -3.71. The third-order valence-corrected chi connectivity index (χ3v) is 7.11. The summed E-state index contributed by atoms with van der Waals surface area (Å²) in [6, 6.07) is 4.49. The first-order valence-electron chi connectivity index (χ1n) is 9.87. The van der Waals surface area contributed by atoms with Crippen LogP contribution in [0.1, 0.15) is 6.92 Å². The van der Waals surface area contributed by atoms with Gasteiger partial charge < -0.3 is 14.2 Å². The molecule has 0 bridgehead atoms. The smallest absolute Gasteiger partial charge is 0.219 e. The fraction of sp³-hybridized carbons (Fsp3) is 0.333. The predicted octanol–water partition coefficient (Wildman–Crippen LogP) is 3.94.